The molecule has 0 saturated heterocycles. The molecule has 0 aliphatic carbocycles. The van der Waals surface area contributed by atoms with Crippen molar-refractivity contribution >= 4 is 29.2 Å². The number of halogens is 2. The third-order valence-electron chi connectivity index (χ3n) is 2.17. The predicted molar refractivity (Wildman–Crippen MR) is 66.7 cm³/mol. The summed E-state index contributed by atoms with van der Waals surface area (Å²) in [6.45, 7) is 0.832. The second-order valence-corrected chi connectivity index (χ2v) is 4.23. The second kappa shape index (κ2) is 6.81. The van der Waals surface area contributed by atoms with E-state index in [2.05, 4.69) is 5.32 Å². The number of carboxylic acid groups (broad SMARTS) is 1. The van der Waals surface area contributed by atoms with E-state index in [0.29, 0.717) is 28.8 Å². The van der Waals surface area contributed by atoms with Gasteiger partial charge >= 0.3 is 5.97 Å². The molecule has 0 radical (unpaired) electrons. The monoisotopic (exact) mass is 277 g/mol. The first kappa shape index (κ1) is 14.3. The Bertz CT molecular complexity index is 398. The molecule has 0 aliphatic rings. The number of hydrogen-bond donors (Lipinski definition) is 2. The van der Waals surface area contributed by atoms with Crippen LogP contribution in [0.5, 0.6) is 0 Å². The molecule has 1 atom stereocenters. The van der Waals surface area contributed by atoms with E-state index in [0.717, 1.165) is 0 Å². The number of hydrogen-bond acceptors (Lipinski definition) is 3. The van der Waals surface area contributed by atoms with Gasteiger partial charge in [0.05, 0.1) is 6.61 Å². The summed E-state index contributed by atoms with van der Waals surface area (Å²) in [5, 5.41) is 12.8. The van der Waals surface area contributed by atoms with Gasteiger partial charge in [-0.2, -0.15) is 0 Å². The summed E-state index contributed by atoms with van der Waals surface area (Å²) >= 11 is 11.8. The van der Waals surface area contributed by atoms with Crippen molar-refractivity contribution in [1.29, 1.82) is 0 Å². The Kier molecular flexibility index (Phi) is 5.71. The zero-order chi connectivity index (χ0) is 12.8. The molecule has 0 aliphatic heterocycles. The van der Waals surface area contributed by atoms with Crippen molar-refractivity contribution in [3.8, 4) is 0 Å². The van der Waals surface area contributed by atoms with Gasteiger partial charge in [-0.3, -0.25) is 10.1 Å². The highest BCUT2D eigenvalue weighted by atomic mass is 35.5. The van der Waals surface area contributed by atoms with Crippen LogP contribution in [0.25, 0.3) is 0 Å². The van der Waals surface area contributed by atoms with Crippen molar-refractivity contribution in [3.05, 3.63) is 33.8 Å². The maximum absolute atomic E-state index is 11.2. The Labute approximate surface area is 109 Å². The number of aliphatic carboxylic acids is 1. The smallest absolute Gasteiger partial charge is 0.325 e. The maximum atomic E-state index is 11.2. The highest BCUT2D eigenvalue weighted by molar-refractivity contribution is 6.33. The van der Waals surface area contributed by atoms with E-state index < -0.39 is 12.0 Å². The van der Waals surface area contributed by atoms with Crippen LogP contribution in [-0.4, -0.2) is 31.3 Å². The van der Waals surface area contributed by atoms with E-state index in [1.807, 2.05) is 0 Å². The van der Waals surface area contributed by atoms with Crippen molar-refractivity contribution in [1.82, 2.24) is 5.32 Å². The van der Waals surface area contributed by atoms with Crippen LogP contribution in [0.1, 0.15) is 11.6 Å². The lowest BCUT2D eigenvalue weighted by Gasteiger charge is -2.16. The van der Waals surface area contributed by atoms with Crippen molar-refractivity contribution in [3.63, 3.8) is 0 Å². The molecule has 0 amide bonds. The molecule has 0 aromatic heterocycles. The minimum absolute atomic E-state index is 0.367. The highest BCUT2D eigenvalue weighted by Gasteiger charge is 2.21. The molecule has 0 fully saturated rings. The standard InChI is InChI=1S/C11H13Cl2NO3/c1-17-5-4-14-10(11(15)16)8-6-7(12)2-3-9(8)13/h2-3,6,10,14H,4-5H2,1H3,(H,15,16). The summed E-state index contributed by atoms with van der Waals surface area (Å²) in [5.41, 5.74) is 0.447. The zero-order valence-electron chi connectivity index (χ0n) is 9.24. The lowest BCUT2D eigenvalue weighted by atomic mass is 10.1. The van der Waals surface area contributed by atoms with Gasteiger partial charge in [-0.15, -0.1) is 0 Å². The van der Waals surface area contributed by atoms with Gasteiger partial charge in [-0.25, -0.2) is 0 Å². The lowest BCUT2D eigenvalue weighted by molar-refractivity contribution is -0.139. The van der Waals surface area contributed by atoms with Gasteiger partial charge in [0.25, 0.3) is 0 Å². The van der Waals surface area contributed by atoms with Gasteiger partial charge in [0, 0.05) is 29.3 Å². The molecule has 0 saturated carbocycles. The Balaban J connectivity index is 2.89. The maximum Gasteiger partial charge on any atom is 0.325 e. The normalized spacial score (nSPS) is 12.4. The van der Waals surface area contributed by atoms with Crippen LogP contribution in [0.4, 0.5) is 0 Å². The summed E-state index contributed by atoms with van der Waals surface area (Å²) in [6.07, 6.45) is 0. The third-order valence-corrected chi connectivity index (χ3v) is 2.75. The molecule has 2 N–H and O–H groups in total. The van der Waals surface area contributed by atoms with Gasteiger partial charge in [-0.05, 0) is 18.2 Å². The van der Waals surface area contributed by atoms with E-state index >= 15 is 0 Å². The van der Waals surface area contributed by atoms with Crippen LogP contribution in [0.15, 0.2) is 18.2 Å². The van der Waals surface area contributed by atoms with Gasteiger partial charge in [0.15, 0.2) is 0 Å². The Morgan fingerprint density at radius 1 is 1.53 bits per heavy atom. The first-order valence-corrected chi connectivity index (χ1v) is 5.72. The molecular formula is C11H13Cl2NO3. The molecule has 6 heteroatoms. The summed E-state index contributed by atoms with van der Waals surface area (Å²) in [6, 6.07) is 3.84. The summed E-state index contributed by atoms with van der Waals surface area (Å²) in [5.74, 6) is -1.01. The number of benzene rings is 1. The van der Waals surface area contributed by atoms with E-state index in [1.54, 1.807) is 25.3 Å². The number of carbonyl (C=O) groups is 1. The largest absolute Gasteiger partial charge is 0.480 e. The fourth-order valence-corrected chi connectivity index (χ4v) is 1.78. The Morgan fingerprint density at radius 2 is 2.24 bits per heavy atom. The zero-order valence-corrected chi connectivity index (χ0v) is 10.8. The van der Waals surface area contributed by atoms with Gasteiger partial charge in [-0.1, -0.05) is 23.2 Å². The van der Waals surface area contributed by atoms with Crippen LogP contribution in [-0.2, 0) is 9.53 Å². The minimum Gasteiger partial charge on any atom is -0.480 e. The SMILES string of the molecule is COCCNC(C(=O)O)c1cc(Cl)ccc1Cl. The van der Waals surface area contributed by atoms with Gasteiger partial charge in [0.2, 0.25) is 0 Å². The fraction of sp³-hybridized carbons (Fsp3) is 0.364. The number of methoxy groups -OCH3 is 1. The molecule has 0 spiro atoms. The van der Waals surface area contributed by atoms with E-state index in [-0.39, 0.29) is 0 Å². The molecule has 1 rings (SSSR count). The lowest BCUT2D eigenvalue weighted by Crippen LogP contribution is -2.31. The highest BCUT2D eigenvalue weighted by Crippen LogP contribution is 2.26. The molecule has 0 bridgehead atoms. The number of carboxylic acids is 1. The van der Waals surface area contributed by atoms with Gasteiger partial charge in [0.1, 0.15) is 6.04 Å². The predicted octanol–water partition coefficient (Wildman–Crippen LogP) is 2.36. The van der Waals surface area contributed by atoms with Crippen molar-refractivity contribution in [2.45, 2.75) is 6.04 Å². The summed E-state index contributed by atoms with van der Waals surface area (Å²) < 4.78 is 4.85. The minimum atomic E-state index is -1.01. The molecule has 1 aromatic carbocycles. The third kappa shape index (κ3) is 4.16. The number of rotatable bonds is 6. The molecule has 17 heavy (non-hydrogen) atoms. The molecule has 1 unspecified atom stereocenters. The summed E-state index contributed by atoms with van der Waals surface area (Å²) in [4.78, 5) is 11.2. The van der Waals surface area contributed by atoms with Crippen LogP contribution in [0.2, 0.25) is 10.0 Å². The topological polar surface area (TPSA) is 58.6 Å². The Hall–Kier alpha value is -0.810. The van der Waals surface area contributed by atoms with Gasteiger partial charge < -0.3 is 9.84 Å². The molecule has 1 aromatic rings. The van der Waals surface area contributed by atoms with Crippen LogP contribution in [0, 0.1) is 0 Å². The van der Waals surface area contributed by atoms with Crippen LogP contribution < -0.4 is 5.32 Å². The Morgan fingerprint density at radius 3 is 2.82 bits per heavy atom. The summed E-state index contributed by atoms with van der Waals surface area (Å²) in [7, 11) is 1.55. The van der Waals surface area contributed by atoms with Crippen molar-refractivity contribution in [2.24, 2.45) is 0 Å². The molecule has 0 heterocycles. The average molecular weight is 278 g/mol. The first-order valence-electron chi connectivity index (χ1n) is 4.96. The number of ether oxygens (including phenoxy) is 1. The molecule has 94 valence electrons. The second-order valence-electron chi connectivity index (χ2n) is 3.38. The van der Waals surface area contributed by atoms with E-state index in [1.165, 1.54) is 0 Å². The number of nitrogens with one attached hydrogen (secondary N) is 1. The van der Waals surface area contributed by atoms with Crippen molar-refractivity contribution in [2.75, 3.05) is 20.3 Å². The van der Waals surface area contributed by atoms with Crippen LogP contribution >= 0.6 is 23.2 Å². The van der Waals surface area contributed by atoms with E-state index in [4.69, 9.17) is 33.0 Å². The molecule has 4 nitrogen and oxygen atoms in total. The average Bonchev–Trinajstić information content (AvgIpc) is 2.28. The molecular weight excluding hydrogens is 265 g/mol. The van der Waals surface area contributed by atoms with E-state index in [9.17, 15) is 4.79 Å². The van der Waals surface area contributed by atoms with Crippen molar-refractivity contribution < 1.29 is 14.6 Å². The first-order chi connectivity index (χ1) is 8.06. The fourth-order valence-electron chi connectivity index (χ4n) is 1.37. The quantitative estimate of drug-likeness (QED) is 0.784. The van der Waals surface area contributed by atoms with Crippen LogP contribution in [0.3, 0.4) is 0 Å².